The fraction of sp³-hybridized carbons (Fsp3) is 0.360. The largest absolute Gasteiger partial charge is 0.481 e. The van der Waals surface area contributed by atoms with Gasteiger partial charge in [0.25, 0.3) is 0 Å². The van der Waals surface area contributed by atoms with Gasteiger partial charge in [-0.15, -0.1) is 0 Å². The summed E-state index contributed by atoms with van der Waals surface area (Å²) in [4.78, 5) is 30.3. The number of rotatable bonds is 6. The van der Waals surface area contributed by atoms with Gasteiger partial charge in [0.2, 0.25) is 5.88 Å². The van der Waals surface area contributed by atoms with E-state index in [0.29, 0.717) is 23.2 Å². The first kappa shape index (κ1) is 23.3. The molecule has 2 heterocycles. The highest BCUT2D eigenvalue weighted by Crippen LogP contribution is 2.33. The lowest BCUT2D eigenvalue weighted by Crippen LogP contribution is -2.45. The summed E-state index contributed by atoms with van der Waals surface area (Å²) in [6.45, 7) is 0. The highest BCUT2D eigenvalue weighted by Gasteiger charge is 2.30. The van der Waals surface area contributed by atoms with Crippen LogP contribution in [0.4, 0.5) is 27.8 Å². The minimum Gasteiger partial charge on any atom is -0.481 e. The number of carbonyl (C=O) groups is 1. The summed E-state index contributed by atoms with van der Waals surface area (Å²) in [6.07, 6.45) is 6.41. The Morgan fingerprint density at radius 1 is 1.09 bits per heavy atom. The third-order valence-corrected chi connectivity index (χ3v) is 6.04. The lowest BCUT2D eigenvalue weighted by molar-refractivity contribution is 0.252. The zero-order valence-electron chi connectivity index (χ0n) is 19.9. The van der Waals surface area contributed by atoms with Crippen LogP contribution in [0.5, 0.6) is 5.88 Å². The number of amides is 2. The van der Waals surface area contributed by atoms with Crippen molar-refractivity contribution >= 4 is 29.0 Å². The van der Waals surface area contributed by atoms with Crippen LogP contribution in [-0.4, -0.2) is 48.2 Å². The molecule has 9 heteroatoms. The van der Waals surface area contributed by atoms with Gasteiger partial charge in [-0.2, -0.15) is 0 Å². The van der Waals surface area contributed by atoms with Crippen LogP contribution in [-0.2, 0) is 0 Å². The zero-order chi connectivity index (χ0) is 24.1. The number of ether oxygens (including phenoxy) is 1. The minimum absolute atomic E-state index is 0.00403. The molecule has 3 N–H and O–H groups in total. The van der Waals surface area contributed by atoms with Gasteiger partial charge >= 0.3 is 6.03 Å². The molecule has 178 valence electrons. The summed E-state index contributed by atoms with van der Waals surface area (Å²) < 4.78 is 5.16. The maximum Gasteiger partial charge on any atom is 0.328 e. The molecule has 1 aromatic carbocycles. The van der Waals surface area contributed by atoms with E-state index in [0.717, 1.165) is 49.0 Å². The van der Waals surface area contributed by atoms with E-state index in [1.807, 2.05) is 49.3 Å². The molecule has 1 saturated carbocycles. The first-order valence-electron chi connectivity index (χ1n) is 11.5. The van der Waals surface area contributed by atoms with E-state index in [-0.39, 0.29) is 12.1 Å². The fourth-order valence-corrected chi connectivity index (χ4v) is 4.22. The van der Waals surface area contributed by atoms with E-state index in [2.05, 4.69) is 21.4 Å². The summed E-state index contributed by atoms with van der Waals surface area (Å²) in [7, 11) is 5.51. The van der Waals surface area contributed by atoms with Crippen molar-refractivity contribution in [3.05, 3.63) is 48.8 Å². The Morgan fingerprint density at radius 3 is 2.62 bits per heavy atom. The normalized spacial score (nSPS) is 13.9. The number of methoxy groups -OCH3 is 1. The number of nitrogen functional groups attached to an aromatic ring is 1. The van der Waals surface area contributed by atoms with E-state index >= 15 is 0 Å². The lowest BCUT2D eigenvalue weighted by atomic mass is 9.94. The Kier molecular flexibility index (Phi) is 7.10. The van der Waals surface area contributed by atoms with Gasteiger partial charge in [-0.3, -0.25) is 10.2 Å². The highest BCUT2D eigenvalue weighted by molar-refractivity contribution is 6.03. The number of nitrogens with zero attached hydrogens (tertiary/aromatic N) is 5. The number of aromatic nitrogens is 3. The van der Waals surface area contributed by atoms with Crippen LogP contribution in [0.25, 0.3) is 11.3 Å². The summed E-state index contributed by atoms with van der Waals surface area (Å²) in [5, 5.41) is 2.88. The van der Waals surface area contributed by atoms with Crippen LogP contribution in [0.1, 0.15) is 32.1 Å². The first-order chi connectivity index (χ1) is 16.5. The van der Waals surface area contributed by atoms with E-state index in [9.17, 15) is 4.79 Å². The zero-order valence-corrected chi connectivity index (χ0v) is 19.9. The van der Waals surface area contributed by atoms with Crippen molar-refractivity contribution < 1.29 is 9.53 Å². The van der Waals surface area contributed by atoms with Crippen molar-refractivity contribution in [3.8, 4) is 17.1 Å². The molecule has 0 atom stereocenters. The highest BCUT2D eigenvalue weighted by atomic mass is 16.5. The molecule has 1 fully saturated rings. The number of carbonyl (C=O) groups excluding carboxylic acids is 1. The Balaban J connectivity index is 1.71. The first-order valence-corrected chi connectivity index (χ1v) is 11.5. The van der Waals surface area contributed by atoms with Crippen molar-refractivity contribution in [2.75, 3.05) is 42.1 Å². The molecule has 2 amide bonds. The predicted octanol–water partition coefficient (Wildman–Crippen LogP) is 4.57. The minimum atomic E-state index is -0.328. The van der Waals surface area contributed by atoms with Gasteiger partial charge in [0.05, 0.1) is 18.5 Å². The monoisotopic (exact) mass is 461 g/mol. The Hall–Kier alpha value is -3.88. The molecular weight excluding hydrogens is 430 g/mol. The summed E-state index contributed by atoms with van der Waals surface area (Å²) in [5.41, 5.74) is 9.62. The standard InChI is InChI=1S/C25H31N7O2/c1-31(2)19-11-7-8-17(14-19)21-13-12-20(26)24(29-21)32(18-9-5-4-6-10-18)25(33)30-22-15-23(34-3)28-16-27-22/h7-8,11-16,18H,4-6,9-10,26H2,1-3H3,(H,27,28,30,33). The van der Waals surface area contributed by atoms with Crippen molar-refractivity contribution in [2.45, 2.75) is 38.1 Å². The van der Waals surface area contributed by atoms with Gasteiger partial charge in [-0.05, 0) is 37.1 Å². The number of nitrogens with two attached hydrogens (primary N) is 1. The second kappa shape index (κ2) is 10.4. The maximum atomic E-state index is 13.6. The van der Waals surface area contributed by atoms with Gasteiger partial charge in [-0.1, -0.05) is 31.4 Å². The van der Waals surface area contributed by atoms with E-state index in [1.165, 1.54) is 13.4 Å². The van der Waals surface area contributed by atoms with Gasteiger partial charge in [-0.25, -0.2) is 19.7 Å². The number of nitrogens with one attached hydrogen (secondary N) is 1. The number of hydrogen-bond acceptors (Lipinski definition) is 7. The average molecular weight is 462 g/mol. The Morgan fingerprint density at radius 2 is 1.88 bits per heavy atom. The van der Waals surface area contributed by atoms with Gasteiger partial charge in [0, 0.05) is 37.5 Å². The predicted molar refractivity (Wildman–Crippen MR) is 135 cm³/mol. The molecule has 0 aliphatic heterocycles. The molecule has 1 aliphatic carbocycles. The Bertz CT molecular complexity index is 1150. The molecule has 2 aromatic heterocycles. The molecule has 0 spiro atoms. The van der Waals surface area contributed by atoms with Gasteiger partial charge in [0.1, 0.15) is 12.1 Å². The molecule has 1 aliphatic rings. The topological polar surface area (TPSA) is 110 Å². The van der Waals surface area contributed by atoms with Crippen LogP contribution in [0.2, 0.25) is 0 Å². The van der Waals surface area contributed by atoms with E-state index in [1.54, 1.807) is 11.0 Å². The van der Waals surface area contributed by atoms with Crippen LogP contribution < -0.4 is 25.6 Å². The number of pyridine rings is 1. The Labute approximate surface area is 200 Å². The van der Waals surface area contributed by atoms with Crippen molar-refractivity contribution in [2.24, 2.45) is 0 Å². The van der Waals surface area contributed by atoms with Crippen molar-refractivity contribution in [1.29, 1.82) is 0 Å². The van der Waals surface area contributed by atoms with Crippen molar-refractivity contribution in [1.82, 2.24) is 15.0 Å². The molecule has 34 heavy (non-hydrogen) atoms. The lowest BCUT2D eigenvalue weighted by Gasteiger charge is -2.34. The quantitative estimate of drug-likeness (QED) is 0.553. The smallest absolute Gasteiger partial charge is 0.328 e. The fourth-order valence-electron chi connectivity index (χ4n) is 4.22. The summed E-state index contributed by atoms with van der Waals surface area (Å²) >= 11 is 0. The molecule has 0 unspecified atom stereocenters. The van der Waals surface area contributed by atoms with Crippen LogP contribution in [0.15, 0.2) is 48.8 Å². The number of anilines is 4. The number of hydrogen-bond donors (Lipinski definition) is 2. The van der Waals surface area contributed by atoms with Gasteiger partial charge in [0.15, 0.2) is 5.82 Å². The van der Waals surface area contributed by atoms with E-state index < -0.39 is 0 Å². The molecular formula is C25H31N7O2. The number of benzene rings is 1. The third-order valence-electron chi connectivity index (χ3n) is 6.04. The second-order valence-electron chi connectivity index (χ2n) is 8.59. The maximum absolute atomic E-state index is 13.6. The molecule has 0 bridgehead atoms. The van der Waals surface area contributed by atoms with Crippen LogP contribution >= 0.6 is 0 Å². The third kappa shape index (κ3) is 5.19. The average Bonchev–Trinajstić information content (AvgIpc) is 2.86. The molecule has 3 aromatic rings. The summed E-state index contributed by atoms with van der Waals surface area (Å²) in [6, 6.07) is 13.1. The number of urea groups is 1. The molecule has 9 nitrogen and oxygen atoms in total. The summed E-state index contributed by atoms with van der Waals surface area (Å²) in [5.74, 6) is 1.18. The SMILES string of the molecule is COc1cc(NC(=O)N(c2nc(-c3cccc(N(C)C)c3)ccc2N)C2CCCCC2)ncn1. The van der Waals surface area contributed by atoms with E-state index in [4.69, 9.17) is 15.5 Å². The molecule has 4 rings (SSSR count). The molecule has 0 radical (unpaired) electrons. The van der Waals surface area contributed by atoms with Crippen LogP contribution in [0.3, 0.4) is 0 Å². The van der Waals surface area contributed by atoms with Gasteiger partial charge < -0.3 is 15.4 Å². The van der Waals surface area contributed by atoms with Crippen molar-refractivity contribution in [3.63, 3.8) is 0 Å². The van der Waals surface area contributed by atoms with Crippen LogP contribution in [0, 0.1) is 0 Å². The molecule has 0 saturated heterocycles. The second-order valence-corrected chi connectivity index (χ2v) is 8.59.